The molecule has 0 aliphatic heterocycles. The van der Waals surface area contributed by atoms with E-state index in [4.69, 9.17) is 5.11 Å². The van der Waals surface area contributed by atoms with Gasteiger partial charge in [0.15, 0.2) is 0 Å². The molecule has 24 heavy (non-hydrogen) atoms. The van der Waals surface area contributed by atoms with E-state index >= 15 is 0 Å². The van der Waals surface area contributed by atoms with Crippen LogP contribution in [-0.4, -0.2) is 22.0 Å². The number of pyridine rings is 1. The van der Waals surface area contributed by atoms with Gasteiger partial charge in [-0.05, 0) is 23.8 Å². The summed E-state index contributed by atoms with van der Waals surface area (Å²) in [7, 11) is 0. The number of benzene rings is 1. The zero-order chi connectivity index (χ0) is 17.9. The molecule has 1 amide bonds. The molecule has 1 aromatic carbocycles. The normalized spacial score (nSPS) is 10.5. The minimum atomic E-state index is -1.25. The number of rotatable bonds is 5. The average molecular weight is 336 g/mol. The van der Waals surface area contributed by atoms with Crippen molar-refractivity contribution in [3.8, 4) is 0 Å². The van der Waals surface area contributed by atoms with Crippen LogP contribution in [0.3, 0.4) is 0 Å². The van der Waals surface area contributed by atoms with Gasteiger partial charge in [-0.1, -0.05) is 0 Å². The van der Waals surface area contributed by atoms with Crippen molar-refractivity contribution in [2.45, 2.75) is 19.9 Å². The highest BCUT2D eigenvalue weighted by molar-refractivity contribution is 5.87. The smallest absolute Gasteiger partial charge is 0.337 e. The van der Waals surface area contributed by atoms with Crippen LogP contribution in [0.1, 0.15) is 34.0 Å². The van der Waals surface area contributed by atoms with E-state index in [2.05, 4.69) is 10.3 Å². The molecule has 8 heteroatoms. The Bertz CT molecular complexity index is 862. The number of hydrogen-bond donors (Lipinski definition) is 3. The number of H-pyrrole nitrogens is 1. The number of aromatic nitrogens is 1. The second kappa shape index (κ2) is 7.03. The van der Waals surface area contributed by atoms with Crippen molar-refractivity contribution in [2.75, 3.05) is 0 Å². The predicted molar refractivity (Wildman–Crippen MR) is 80.7 cm³/mol. The molecule has 0 fully saturated rings. The number of amides is 1. The Labute approximate surface area is 135 Å². The largest absolute Gasteiger partial charge is 0.478 e. The van der Waals surface area contributed by atoms with Crippen LogP contribution in [0.2, 0.25) is 0 Å². The number of carbonyl (C=O) groups is 2. The summed E-state index contributed by atoms with van der Waals surface area (Å²) in [6.07, 6.45) is 0.765. The summed E-state index contributed by atoms with van der Waals surface area (Å²) in [5.41, 5.74) is -0.857. The lowest BCUT2D eigenvalue weighted by atomic mass is 10.0. The Morgan fingerprint density at radius 2 is 1.75 bits per heavy atom. The summed E-state index contributed by atoms with van der Waals surface area (Å²) < 4.78 is 28.1. The van der Waals surface area contributed by atoms with Gasteiger partial charge in [0.2, 0.25) is 5.91 Å². The lowest BCUT2D eigenvalue weighted by molar-refractivity contribution is -0.119. The lowest BCUT2D eigenvalue weighted by Crippen LogP contribution is -2.20. The number of carboxylic acid groups (broad SMARTS) is 1. The van der Waals surface area contributed by atoms with E-state index < -0.39 is 23.2 Å². The summed E-state index contributed by atoms with van der Waals surface area (Å²) in [4.78, 5) is 35.7. The van der Waals surface area contributed by atoms with Crippen molar-refractivity contribution in [1.29, 1.82) is 0 Å². The molecule has 3 N–H and O–H groups in total. The van der Waals surface area contributed by atoms with E-state index in [1.165, 1.54) is 6.92 Å². The summed E-state index contributed by atoms with van der Waals surface area (Å²) >= 11 is 0. The molecule has 1 heterocycles. The Balaban J connectivity index is 2.32. The molecule has 0 unspecified atom stereocenters. The number of aromatic carboxylic acids is 1. The molecule has 0 atom stereocenters. The van der Waals surface area contributed by atoms with E-state index in [0.717, 1.165) is 24.4 Å². The van der Waals surface area contributed by atoms with Crippen LogP contribution in [0.4, 0.5) is 8.78 Å². The van der Waals surface area contributed by atoms with E-state index in [1.54, 1.807) is 0 Å². The second-order valence-electron chi connectivity index (χ2n) is 5.17. The fourth-order valence-corrected chi connectivity index (χ4v) is 2.11. The third-order valence-electron chi connectivity index (χ3n) is 3.35. The second-order valence-corrected chi connectivity index (χ2v) is 5.17. The third-order valence-corrected chi connectivity index (χ3v) is 3.35. The van der Waals surface area contributed by atoms with Gasteiger partial charge in [-0.3, -0.25) is 9.59 Å². The molecule has 0 radical (unpaired) electrons. The average Bonchev–Trinajstić information content (AvgIpc) is 2.50. The van der Waals surface area contributed by atoms with Crippen molar-refractivity contribution in [3.63, 3.8) is 0 Å². The van der Waals surface area contributed by atoms with Crippen LogP contribution in [0, 0.1) is 11.6 Å². The molecule has 6 nitrogen and oxygen atoms in total. The minimum absolute atomic E-state index is 0.00260. The monoisotopic (exact) mass is 336 g/mol. The standard InChI is InChI=1S/C16H14F2N2O4/c1-8(21)19-6-11-5-13(17)9(4-14(11)18)2-10-3-12(16(23)24)7-20-15(10)22/h3-5,7H,2,6H2,1H3,(H,19,21)(H,20,22)(H,23,24). The predicted octanol–water partition coefficient (Wildman–Crippen LogP) is 1.58. The topological polar surface area (TPSA) is 99.3 Å². The maximum Gasteiger partial charge on any atom is 0.337 e. The van der Waals surface area contributed by atoms with Gasteiger partial charge < -0.3 is 15.4 Å². The Kier molecular flexibility index (Phi) is 5.08. The van der Waals surface area contributed by atoms with Crippen molar-refractivity contribution in [2.24, 2.45) is 0 Å². The number of carbonyl (C=O) groups excluding carboxylic acids is 1. The van der Waals surface area contributed by atoms with Gasteiger partial charge in [-0.25, -0.2) is 13.6 Å². The summed E-state index contributed by atoms with van der Waals surface area (Å²) in [6.45, 7) is 1.10. The van der Waals surface area contributed by atoms with Gasteiger partial charge in [0.05, 0.1) is 5.56 Å². The molecule has 0 saturated heterocycles. The zero-order valence-corrected chi connectivity index (χ0v) is 12.7. The summed E-state index contributed by atoms with van der Waals surface area (Å²) in [5, 5.41) is 11.3. The molecule has 0 aliphatic rings. The molecular weight excluding hydrogens is 322 g/mol. The molecule has 2 aromatic rings. The molecule has 1 aromatic heterocycles. The first-order valence-electron chi connectivity index (χ1n) is 6.94. The van der Waals surface area contributed by atoms with Gasteiger partial charge in [0.25, 0.3) is 5.56 Å². The highest BCUT2D eigenvalue weighted by Gasteiger charge is 2.14. The fraction of sp³-hybridized carbons (Fsp3) is 0.188. The van der Waals surface area contributed by atoms with Crippen LogP contribution in [0.15, 0.2) is 29.2 Å². The molecular formula is C16H14F2N2O4. The van der Waals surface area contributed by atoms with Gasteiger partial charge in [0.1, 0.15) is 11.6 Å². The van der Waals surface area contributed by atoms with Crippen LogP contribution >= 0.6 is 0 Å². The van der Waals surface area contributed by atoms with Crippen LogP contribution < -0.4 is 10.9 Å². The van der Waals surface area contributed by atoms with Gasteiger partial charge in [0, 0.05) is 37.2 Å². The van der Waals surface area contributed by atoms with Crippen molar-refractivity contribution in [3.05, 3.63) is 68.6 Å². The Morgan fingerprint density at radius 1 is 1.12 bits per heavy atom. The lowest BCUT2D eigenvalue weighted by Gasteiger charge is -2.09. The fourth-order valence-electron chi connectivity index (χ4n) is 2.11. The third kappa shape index (κ3) is 4.03. The number of nitrogens with one attached hydrogen (secondary N) is 2. The Morgan fingerprint density at radius 3 is 2.38 bits per heavy atom. The van der Waals surface area contributed by atoms with E-state index in [1.807, 2.05) is 0 Å². The maximum atomic E-state index is 14.1. The first-order chi connectivity index (χ1) is 11.3. The number of aromatic amines is 1. The maximum absolute atomic E-state index is 14.1. The zero-order valence-electron chi connectivity index (χ0n) is 12.7. The van der Waals surface area contributed by atoms with E-state index in [-0.39, 0.29) is 41.1 Å². The van der Waals surface area contributed by atoms with E-state index in [0.29, 0.717) is 0 Å². The quantitative estimate of drug-likeness (QED) is 0.772. The highest BCUT2D eigenvalue weighted by atomic mass is 19.1. The van der Waals surface area contributed by atoms with Crippen LogP contribution in [0.25, 0.3) is 0 Å². The highest BCUT2D eigenvalue weighted by Crippen LogP contribution is 2.18. The molecule has 0 spiro atoms. The summed E-state index contributed by atoms with van der Waals surface area (Å²) in [5.74, 6) is -3.11. The minimum Gasteiger partial charge on any atom is -0.478 e. The van der Waals surface area contributed by atoms with Crippen molar-refractivity contribution < 1.29 is 23.5 Å². The van der Waals surface area contributed by atoms with Crippen LogP contribution in [-0.2, 0) is 17.8 Å². The molecule has 0 bridgehead atoms. The SMILES string of the molecule is CC(=O)NCc1cc(F)c(Cc2cc(C(=O)O)c[nH]c2=O)cc1F. The van der Waals surface area contributed by atoms with Crippen molar-refractivity contribution >= 4 is 11.9 Å². The number of carboxylic acids is 1. The van der Waals surface area contributed by atoms with E-state index in [9.17, 15) is 23.2 Å². The van der Waals surface area contributed by atoms with Gasteiger partial charge in [-0.2, -0.15) is 0 Å². The molecule has 0 aliphatic carbocycles. The van der Waals surface area contributed by atoms with Gasteiger partial charge in [-0.15, -0.1) is 0 Å². The van der Waals surface area contributed by atoms with Crippen molar-refractivity contribution in [1.82, 2.24) is 10.3 Å². The number of halogens is 2. The van der Waals surface area contributed by atoms with Crippen LogP contribution in [0.5, 0.6) is 0 Å². The summed E-state index contributed by atoms with van der Waals surface area (Å²) in [6, 6.07) is 2.99. The number of hydrogen-bond acceptors (Lipinski definition) is 3. The molecule has 2 rings (SSSR count). The van der Waals surface area contributed by atoms with Gasteiger partial charge >= 0.3 is 5.97 Å². The first-order valence-corrected chi connectivity index (χ1v) is 6.94. The molecule has 0 saturated carbocycles. The molecule has 126 valence electrons. The Hall–Kier alpha value is -3.03. The first kappa shape index (κ1) is 17.3.